The molecule has 0 saturated heterocycles. The van der Waals surface area contributed by atoms with Crippen LogP contribution in [0.3, 0.4) is 0 Å². The van der Waals surface area contributed by atoms with Crippen molar-refractivity contribution >= 4 is 37.3 Å². The molecule has 0 aliphatic carbocycles. The van der Waals surface area contributed by atoms with Crippen LogP contribution < -0.4 is 10.5 Å². The molecule has 0 fully saturated rings. The Morgan fingerprint density at radius 2 is 2.00 bits per heavy atom. The second-order valence-corrected chi connectivity index (χ2v) is 6.46. The van der Waals surface area contributed by atoms with E-state index in [9.17, 15) is 8.42 Å². The summed E-state index contributed by atoms with van der Waals surface area (Å²) >= 11 is 3.19. The van der Waals surface area contributed by atoms with Crippen LogP contribution in [0.4, 0.5) is 11.4 Å². The number of hydrogen-bond donors (Lipinski definition) is 2. The summed E-state index contributed by atoms with van der Waals surface area (Å²) in [5.41, 5.74) is 7.14. The fourth-order valence-corrected chi connectivity index (χ4v) is 3.13. The second kappa shape index (κ2) is 5.18. The van der Waals surface area contributed by atoms with Gasteiger partial charge in [0.2, 0.25) is 0 Å². The molecule has 0 unspecified atom stereocenters. The molecule has 2 aromatic rings. The number of rotatable bonds is 3. The number of benzene rings is 1. The van der Waals surface area contributed by atoms with E-state index in [1.54, 1.807) is 31.2 Å². The third-order valence-corrected chi connectivity index (χ3v) is 4.48. The zero-order valence-electron chi connectivity index (χ0n) is 10.1. The average Bonchev–Trinajstić information content (AvgIpc) is 2.31. The van der Waals surface area contributed by atoms with Gasteiger partial charge in [-0.25, -0.2) is 13.4 Å². The minimum atomic E-state index is -3.63. The van der Waals surface area contributed by atoms with Crippen LogP contribution >= 0.6 is 15.9 Å². The Bertz CT molecular complexity index is 699. The number of nitrogens with one attached hydrogen (secondary N) is 1. The predicted octanol–water partition coefficient (Wildman–Crippen LogP) is 2.54. The molecule has 5 nitrogen and oxygen atoms in total. The molecule has 0 aliphatic heterocycles. The van der Waals surface area contributed by atoms with Crippen molar-refractivity contribution in [1.82, 2.24) is 4.98 Å². The van der Waals surface area contributed by atoms with E-state index in [0.29, 0.717) is 21.5 Å². The van der Waals surface area contributed by atoms with Gasteiger partial charge in [0.1, 0.15) is 4.60 Å². The molecule has 0 bridgehead atoms. The van der Waals surface area contributed by atoms with Gasteiger partial charge >= 0.3 is 0 Å². The Labute approximate surface area is 120 Å². The van der Waals surface area contributed by atoms with E-state index >= 15 is 0 Å². The highest BCUT2D eigenvalue weighted by atomic mass is 79.9. The zero-order valence-corrected chi connectivity index (χ0v) is 12.5. The molecule has 0 amide bonds. The van der Waals surface area contributed by atoms with E-state index in [1.165, 1.54) is 12.3 Å². The highest BCUT2D eigenvalue weighted by molar-refractivity contribution is 9.10. The molecule has 2 rings (SSSR count). The Balaban J connectivity index is 2.35. The molecule has 0 saturated carbocycles. The fraction of sp³-hybridized carbons (Fsp3) is 0.0833. The van der Waals surface area contributed by atoms with Crippen LogP contribution in [0.15, 0.2) is 46.0 Å². The molecule has 0 spiro atoms. The van der Waals surface area contributed by atoms with E-state index in [-0.39, 0.29) is 4.90 Å². The predicted molar refractivity (Wildman–Crippen MR) is 78.3 cm³/mol. The van der Waals surface area contributed by atoms with Crippen LogP contribution in [0.25, 0.3) is 0 Å². The first-order valence-corrected chi connectivity index (χ1v) is 7.66. The molecule has 7 heteroatoms. The van der Waals surface area contributed by atoms with Crippen molar-refractivity contribution in [1.29, 1.82) is 0 Å². The quantitative estimate of drug-likeness (QED) is 0.663. The van der Waals surface area contributed by atoms with Gasteiger partial charge in [-0.15, -0.1) is 0 Å². The summed E-state index contributed by atoms with van der Waals surface area (Å²) in [5.74, 6) is 0. The Morgan fingerprint density at radius 3 is 2.58 bits per heavy atom. The van der Waals surface area contributed by atoms with Crippen molar-refractivity contribution in [2.24, 2.45) is 0 Å². The number of sulfonamides is 1. The molecule has 1 aromatic carbocycles. The van der Waals surface area contributed by atoms with Crippen molar-refractivity contribution in [3.63, 3.8) is 0 Å². The van der Waals surface area contributed by atoms with Gasteiger partial charge in [-0.2, -0.15) is 0 Å². The van der Waals surface area contributed by atoms with Crippen LogP contribution in [0.1, 0.15) is 5.56 Å². The monoisotopic (exact) mass is 341 g/mol. The third kappa shape index (κ3) is 3.24. The topological polar surface area (TPSA) is 85.1 Å². The van der Waals surface area contributed by atoms with Crippen LogP contribution in [0, 0.1) is 6.92 Å². The molecule has 1 heterocycles. The van der Waals surface area contributed by atoms with Crippen molar-refractivity contribution < 1.29 is 8.42 Å². The number of nitrogen functional groups attached to an aromatic ring is 1. The van der Waals surface area contributed by atoms with Gasteiger partial charge < -0.3 is 5.73 Å². The lowest BCUT2D eigenvalue weighted by atomic mass is 10.2. The average molecular weight is 342 g/mol. The maximum Gasteiger partial charge on any atom is 0.262 e. The van der Waals surface area contributed by atoms with E-state index in [1.807, 2.05) is 0 Å². The zero-order chi connectivity index (χ0) is 14.0. The van der Waals surface area contributed by atoms with Gasteiger partial charge in [0, 0.05) is 5.69 Å². The largest absolute Gasteiger partial charge is 0.399 e. The number of pyridine rings is 1. The normalized spacial score (nSPS) is 11.3. The number of nitrogens with two attached hydrogens (primary N) is 1. The Hall–Kier alpha value is -1.60. The summed E-state index contributed by atoms with van der Waals surface area (Å²) in [6.45, 7) is 1.70. The van der Waals surface area contributed by atoms with Crippen molar-refractivity contribution in [2.75, 3.05) is 10.5 Å². The summed E-state index contributed by atoms with van der Waals surface area (Å²) in [5, 5.41) is 0. The summed E-state index contributed by atoms with van der Waals surface area (Å²) in [6, 6.07) is 7.95. The number of hydrogen-bond acceptors (Lipinski definition) is 4. The lowest BCUT2D eigenvalue weighted by Gasteiger charge is -2.10. The summed E-state index contributed by atoms with van der Waals surface area (Å²) < 4.78 is 27.6. The standard InChI is InChI=1S/C12H12BrN3O2S/c1-8-6-9(14)2-4-11(8)19(17,18)16-10-3-5-12(13)15-7-10/h2-7,16H,14H2,1H3. The van der Waals surface area contributed by atoms with E-state index in [4.69, 9.17) is 5.73 Å². The minimum absolute atomic E-state index is 0.199. The Kier molecular flexibility index (Phi) is 3.77. The number of anilines is 2. The Morgan fingerprint density at radius 1 is 1.26 bits per heavy atom. The fourth-order valence-electron chi connectivity index (χ4n) is 1.62. The molecular weight excluding hydrogens is 330 g/mol. The number of halogens is 1. The van der Waals surface area contributed by atoms with Gasteiger partial charge in [-0.05, 0) is 58.7 Å². The molecule has 100 valence electrons. The van der Waals surface area contributed by atoms with Gasteiger partial charge in [0.05, 0.1) is 16.8 Å². The smallest absolute Gasteiger partial charge is 0.262 e. The first kappa shape index (κ1) is 13.8. The molecule has 3 N–H and O–H groups in total. The van der Waals surface area contributed by atoms with Crippen LogP contribution in [-0.2, 0) is 10.0 Å². The van der Waals surface area contributed by atoms with E-state index in [2.05, 4.69) is 25.6 Å². The van der Waals surface area contributed by atoms with Crippen LogP contribution in [0.2, 0.25) is 0 Å². The maximum atomic E-state index is 12.2. The van der Waals surface area contributed by atoms with Crippen molar-refractivity contribution in [3.05, 3.63) is 46.7 Å². The van der Waals surface area contributed by atoms with Crippen molar-refractivity contribution in [2.45, 2.75) is 11.8 Å². The molecular formula is C12H12BrN3O2S. The highest BCUT2D eigenvalue weighted by Crippen LogP contribution is 2.21. The molecule has 0 atom stereocenters. The second-order valence-electron chi connectivity index (χ2n) is 4.00. The number of aryl methyl sites for hydroxylation is 1. The third-order valence-electron chi connectivity index (χ3n) is 2.47. The van der Waals surface area contributed by atoms with Crippen molar-refractivity contribution in [3.8, 4) is 0 Å². The number of nitrogens with zero attached hydrogens (tertiary/aromatic N) is 1. The SMILES string of the molecule is Cc1cc(N)ccc1S(=O)(=O)Nc1ccc(Br)nc1. The summed E-state index contributed by atoms with van der Waals surface area (Å²) in [4.78, 5) is 4.16. The van der Waals surface area contributed by atoms with Crippen LogP contribution in [0.5, 0.6) is 0 Å². The van der Waals surface area contributed by atoms with Gasteiger partial charge in [0.25, 0.3) is 10.0 Å². The van der Waals surface area contributed by atoms with Gasteiger partial charge in [-0.1, -0.05) is 0 Å². The van der Waals surface area contributed by atoms with Gasteiger partial charge in [0.15, 0.2) is 0 Å². The lowest BCUT2D eigenvalue weighted by molar-refractivity contribution is 0.600. The molecule has 0 radical (unpaired) electrons. The highest BCUT2D eigenvalue weighted by Gasteiger charge is 2.16. The maximum absolute atomic E-state index is 12.2. The van der Waals surface area contributed by atoms with Gasteiger partial charge in [-0.3, -0.25) is 4.72 Å². The first-order chi connectivity index (χ1) is 8.88. The summed E-state index contributed by atoms with van der Waals surface area (Å²) in [7, 11) is -3.63. The van der Waals surface area contributed by atoms with E-state index in [0.717, 1.165) is 0 Å². The minimum Gasteiger partial charge on any atom is -0.399 e. The first-order valence-electron chi connectivity index (χ1n) is 5.39. The lowest BCUT2D eigenvalue weighted by Crippen LogP contribution is -2.14. The number of aromatic nitrogens is 1. The van der Waals surface area contributed by atoms with E-state index < -0.39 is 10.0 Å². The molecule has 19 heavy (non-hydrogen) atoms. The molecule has 1 aromatic heterocycles. The summed E-state index contributed by atoms with van der Waals surface area (Å²) in [6.07, 6.45) is 1.44. The molecule has 0 aliphatic rings. The van der Waals surface area contributed by atoms with Crippen LogP contribution in [-0.4, -0.2) is 13.4 Å².